The Labute approximate surface area is 192 Å². The molecule has 32 heavy (non-hydrogen) atoms. The van der Waals surface area contributed by atoms with E-state index in [-0.39, 0.29) is 5.91 Å². The molecule has 1 unspecified atom stereocenters. The van der Waals surface area contributed by atoms with E-state index in [1.54, 1.807) is 6.20 Å². The molecule has 0 aliphatic carbocycles. The van der Waals surface area contributed by atoms with Gasteiger partial charge in [0.15, 0.2) is 0 Å². The molecular weight excluding hydrogens is 398 g/mol. The van der Waals surface area contributed by atoms with E-state index in [1.165, 1.54) is 29.7 Å². The van der Waals surface area contributed by atoms with Gasteiger partial charge in [0, 0.05) is 50.9 Å². The van der Waals surface area contributed by atoms with Gasteiger partial charge in [0.2, 0.25) is 0 Å². The fourth-order valence-corrected chi connectivity index (χ4v) is 5.87. The van der Waals surface area contributed by atoms with Crippen molar-refractivity contribution in [2.45, 2.75) is 64.3 Å². The second-order valence-electron chi connectivity index (χ2n) is 9.77. The number of amides is 1. The normalized spacial score (nSPS) is 22.1. The lowest BCUT2D eigenvalue weighted by Crippen LogP contribution is -2.36. The fourth-order valence-electron chi connectivity index (χ4n) is 5.87. The standard InChI is InChI=1S/C26H37N5O/c1-2-30-15-11-21-16-20(9-10-24(21)30)18-29-12-7-8-22(19-29)25-23(17-27-28-25)26(32)31-13-5-3-4-6-14-31/h9-10,16-17,22H,2-8,11-15,18-19H2,1H3,(H,27,28). The first-order chi connectivity index (χ1) is 15.7. The maximum atomic E-state index is 13.3. The second kappa shape index (κ2) is 9.65. The third kappa shape index (κ3) is 4.42. The van der Waals surface area contributed by atoms with Gasteiger partial charge >= 0.3 is 0 Å². The van der Waals surface area contributed by atoms with Crippen molar-refractivity contribution in [3.05, 3.63) is 46.8 Å². The van der Waals surface area contributed by atoms with Crippen LogP contribution in [-0.4, -0.2) is 65.2 Å². The van der Waals surface area contributed by atoms with Crippen molar-refractivity contribution in [3.63, 3.8) is 0 Å². The van der Waals surface area contributed by atoms with Crippen molar-refractivity contribution in [3.8, 4) is 0 Å². The van der Waals surface area contributed by atoms with Crippen molar-refractivity contribution in [1.82, 2.24) is 20.0 Å². The zero-order chi connectivity index (χ0) is 21.9. The predicted molar refractivity (Wildman–Crippen MR) is 128 cm³/mol. The Bertz CT molecular complexity index is 930. The molecule has 6 nitrogen and oxygen atoms in total. The van der Waals surface area contributed by atoms with Crippen LogP contribution < -0.4 is 4.90 Å². The Morgan fingerprint density at radius 1 is 1.09 bits per heavy atom. The molecule has 1 aromatic carbocycles. The number of rotatable bonds is 5. The fraction of sp³-hybridized carbons (Fsp3) is 0.615. The Kier molecular flexibility index (Phi) is 6.49. The highest BCUT2D eigenvalue weighted by Gasteiger charge is 2.29. The van der Waals surface area contributed by atoms with Gasteiger partial charge in [-0.2, -0.15) is 5.10 Å². The monoisotopic (exact) mass is 435 g/mol. The van der Waals surface area contributed by atoms with Crippen LogP contribution in [-0.2, 0) is 13.0 Å². The molecule has 5 rings (SSSR count). The van der Waals surface area contributed by atoms with Crippen molar-refractivity contribution < 1.29 is 4.79 Å². The quantitative estimate of drug-likeness (QED) is 0.765. The minimum Gasteiger partial charge on any atom is -0.371 e. The average Bonchev–Trinajstić information content (AvgIpc) is 3.38. The van der Waals surface area contributed by atoms with Crippen LogP contribution in [0.5, 0.6) is 0 Å². The van der Waals surface area contributed by atoms with Crippen LogP contribution in [0, 0.1) is 0 Å². The summed E-state index contributed by atoms with van der Waals surface area (Å²) in [5, 5.41) is 7.52. The zero-order valence-corrected chi connectivity index (χ0v) is 19.5. The lowest BCUT2D eigenvalue weighted by atomic mass is 9.92. The number of likely N-dealkylation sites (N-methyl/N-ethyl adjacent to an activating group) is 1. The first-order valence-electron chi connectivity index (χ1n) is 12.6. The highest BCUT2D eigenvalue weighted by molar-refractivity contribution is 5.95. The minimum absolute atomic E-state index is 0.173. The summed E-state index contributed by atoms with van der Waals surface area (Å²) >= 11 is 0. The third-order valence-corrected chi connectivity index (χ3v) is 7.63. The van der Waals surface area contributed by atoms with Crippen molar-refractivity contribution in [1.29, 1.82) is 0 Å². The Balaban J connectivity index is 1.26. The molecule has 2 saturated heterocycles. The SMILES string of the molecule is CCN1CCc2cc(CN3CCCC(c4[nH]ncc4C(=O)N4CCCCCC4)C3)ccc21. The molecule has 172 valence electrons. The number of hydrogen-bond acceptors (Lipinski definition) is 4. The molecule has 0 bridgehead atoms. The summed E-state index contributed by atoms with van der Waals surface area (Å²) in [6, 6.07) is 7.04. The van der Waals surface area contributed by atoms with Crippen LogP contribution in [0.15, 0.2) is 24.4 Å². The number of benzene rings is 1. The number of aromatic amines is 1. The van der Waals surface area contributed by atoms with Gasteiger partial charge in [-0.15, -0.1) is 0 Å². The van der Waals surface area contributed by atoms with Gasteiger partial charge in [0.05, 0.1) is 17.5 Å². The van der Waals surface area contributed by atoms with Crippen LogP contribution in [0.1, 0.15) is 78.5 Å². The maximum absolute atomic E-state index is 13.3. The Morgan fingerprint density at radius 2 is 1.94 bits per heavy atom. The summed E-state index contributed by atoms with van der Waals surface area (Å²) in [6.07, 6.45) is 9.92. The molecule has 3 aliphatic heterocycles. The molecule has 0 saturated carbocycles. The summed E-state index contributed by atoms with van der Waals surface area (Å²) in [5.41, 5.74) is 6.18. The number of carbonyl (C=O) groups is 1. The van der Waals surface area contributed by atoms with Gasteiger partial charge in [-0.25, -0.2) is 0 Å². The van der Waals surface area contributed by atoms with Crippen molar-refractivity contribution in [2.75, 3.05) is 44.2 Å². The number of piperidine rings is 1. The number of likely N-dealkylation sites (tertiary alicyclic amines) is 2. The molecule has 1 amide bonds. The average molecular weight is 436 g/mol. The van der Waals surface area contributed by atoms with Gasteiger partial charge in [0.1, 0.15) is 0 Å². The molecule has 2 aromatic rings. The zero-order valence-electron chi connectivity index (χ0n) is 19.5. The molecule has 0 spiro atoms. The molecule has 0 radical (unpaired) electrons. The van der Waals surface area contributed by atoms with E-state index in [1.807, 2.05) is 4.90 Å². The third-order valence-electron chi connectivity index (χ3n) is 7.63. The number of fused-ring (bicyclic) bond motifs is 1. The smallest absolute Gasteiger partial charge is 0.257 e. The van der Waals surface area contributed by atoms with Gasteiger partial charge in [-0.1, -0.05) is 25.0 Å². The van der Waals surface area contributed by atoms with E-state index < -0.39 is 0 Å². The molecular formula is C26H37N5O. The van der Waals surface area contributed by atoms with Crippen molar-refractivity contribution in [2.24, 2.45) is 0 Å². The minimum atomic E-state index is 0.173. The number of H-pyrrole nitrogens is 1. The van der Waals surface area contributed by atoms with E-state index in [0.717, 1.165) is 89.2 Å². The summed E-state index contributed by atoms with van der Waals surface area (Å²) in [7, 11) is 0. The molecule has 4 heterocycles. The first-order valence-corrected chi connectivity index (χ1v) is 12.6. The van der Waals surface area contributed by atoms with Crippen molar-refractivity contribution >= 4 is 11.6 Å². The van der Waals surface area contributed by atoms with Gasteiger partial charge < -0.3 is 9.80 Å². The van der Waals surface area contributed by atoms with Crippen LogP contribution in [0.2, 0.25) is 0 Å². The summed E-state index contributed by atoms with van der Waals surface area (Å²) in [5.74, 6) is 0.522. The second-order valence-corrected chi connectivity index (χ2v) is 9.77. The number of nitrogens with zero attached hydrogens (tertiary/aromatic N) is 4. The maximum Gasteiger partial charge on any atom is 0.257 e. The van der Waals surface area contributed by atoms with Crippen LogP contribution in [0.4, 0.5) is 5.69 Å². The highest BCUT2D eigenvalue weighted by Crippen LogP contribution is 2.32. The molecule has 6 heteroatoms. The van der Waals surface area contributed by atoms with E-state index in [0.29, 0.717) is 5.92 Å². The van der Waals surface area contributed by atoms with E-state index >= 15 is 0 Å². The summed E-state index contributed by atoms with van der Waals surface area (Å²) in [6.45, 7) is 9.33. The van der Waals surface area contributed by atoms with Gasteiger partial charge in [-0.05, 0) is 62.8 Å². The van der Waals surface area contributed by atoms with Crippen LogP contribution in [0.25, 0.3) is 0 Å². The van der Waals surface area contributed by atoms with E-state index in [9.17, 15) is 4.79 Å². The molecule has 3 aliphatic rings. The topological polar surface area (TPSA) is 55.5 Å². The van der Waals surface area contributed by atoms with Gasteiger partial charge in [-0.3, -0.25) is 14.8 Å². The number of aromatic nitrogens is 2. The molecule has 2 fully saturated rings. The van der Waals surface area contributed by atoms with E-state index in [4.69, 9.17) is 0 Å². The number of nitrogens with one attached hydrogen (secondary N) is 1. The molecule has 1 atom stereocenters. The molecule has 1 N–H and O–H groups in total. The lowest BCUT2D eigenvalue weighted by Gasteiger charge is -2.33. The number of anilines is 1. The summed E-state index contributed by atoms with van der Waals surface area (Å²) < 4.78 is 0. The Morgan fingerprint density at radius 3 is 2.75 bits per heavy atom. The predicted octanol–water partition coefficient (Wildman–Crippen LogP) is 4.19. The van der Waals surface area contributed by atoms with Crippen LogP contribution >= 0.6 is 0 Å². The summed E-state index contributed by atoms with van der Waals surface area (Å²) in [4.78, 5) is 20.3. The van der Waals surface area contributed by atoms with Crippen LogP contribution in [0.3, 0.4) is 0 Å². The number of hydrogen-bond donors (Lipinski definition) is 1. The highest BCUT2D eigenvalue weighted by atomic mass is 16.2. The lowest BCUT2D eigenvalue weighted by molar-refractivity contribution is 0.0759. The molecule has 1 aromatic heterocycles. The first kappa shape index (κ1) is 21.5. The van der Waals surface area contributed by atoms with E-state index in [2.05, 4.69) is 45.1 Å². The van der Waals surface area contributed by atoms with Gasteiger partial charge in [0.25, 0.3) is 5.91 Å². The Hall–Kier alpha value is -2.34. The largest absolute Gasteiger partial charge is 0.371 e. The number of carbonyl (C=O) groups excluding carboxylic acids is 1.